The van der Waals surface area contributed by atoms with Crippen LogP contribution in [0.15, 0.2) is 23.2 Å². The molecule has 1 aliphatic rings. The van der Waals surface area contributed by atoms with Crippen LogP contribution in [0.25, 0.3) is 0 Å². The van der Waals surface area contributed by atoms with Gasteiger partial charge in [0.2, 0.25) is 5.91 Å². The second-order valence-electron chi connectivity index (χ2n) is 8.11. The standard InChI is InChI=1S/C21H33F2N5O.HI/c1-24-20(26-14-21(11-6-7-12-21)19(29)28(4)5)25-13-17(27(2)3)18-15(22)9-8-10-16(18)23;/h8-10,17H,6-7,11-14H2,1-5H3,(H2,24,25,26);1H. The Bertz CT molecular complexity index is 716. The van der Waals surface area contributed by atoms with Gasteiger partial charge in [0, 0.05) is 39.8 Å². The van der Waals surface area contributed by atoms with Gasteiger partial charge in [-0.05, 0) is 39.1 Å². The summed E-state index contributed by atoms with van der Waals surface area (Å²) in [6.45, 7) is 0.740. The average Bonchev–Trinajstić information content (AvgIpc) is 3.15. The Morgan fingerprint density at radius 3 is 2.17 bits per heavy atom. The number of rotatable bonds is 7. The summed E-state index contributed by atoms with van der Waals surface area (Å²) in [5.74, 6) is -0.520. The molecule has 1 aliphatic carbocycles. The maximum atomic E-state index is 14.3. The Morgan fingerprint density at radius 1 is 1.13 bits per heavy atom. The van der Waals surface area contributed by atoms with E-state index in [1.54, 1.807) is 45.0 Å². The fraction of sp³-hybridized carbons (Fsp3) is 0.619. The molecule has 0 bridgehead atoms. The lowest BCUT2D eigenvalue weighted by molar-refractivity contribution is -0.138. The molecule has 0 spiro atoms. The summed E-state index contributed by atoms with van der Waals surface area (Å²) in [7, 11) is 8.74. The summed E-state index contributed by atoms with van der Waals surface area (Å²) in [5.41, 5.74) is -0.407. The molecule has 1 saturated carbocycles. The number of benzene rings is 1. The predicted octanol–water partition coefficient (Wildman–Crippen LogP) is 3.00. The molecule has 1 aromatic carbocycles. The van der Waals surface area contributed by atoms with Crippen LogP contribution in [-0.4, -0.2) is 70.0 Å². The number of amides is 1. The van der Waals surface area contributed by atoms with Crippen LogP contribution in [0.1, 0.15) is 37.3 Å². The van der Waals surface area contributed by atoms with Crippen molar-refractivity contribution >= 4 is 35.8 Å². The lowest BCUT2D eigenvalue weighted by Crippen LogP contribution is -2.50. The predicted molar refractivity (Wildman–Crippen MR) is 127 cm³/mol. The van der Waals surface area contributed by atoms with Crippen molar-refractivity contribution in [1.82, 2.24) is 20.4 Å². The molecular weight excluding hydrogens is 503 g/mol. The Kier molecular flexibility index (Phi) is 10.4. The summed E-state index contributed by atoms with van der Waals surface area (Å²) in [5, 5.41) is 6.40. The molecule has 9 heteroatoms. The molecule has 0 saturated heterocycles. The highest BCUT2D eigenvalue weighted by molar-refractivity contribution is 14.0. The zero-order chi connectivity index (χ0) is 21.6. The Labute approximate surface area is 195 Å². The van der Waals surface area contributed by atoms with Gasteiger partial charge in [-0.3, -0.25) is 9.79 Å². The minimum atomic E-state index is -0.574. The fourth-order valence-electron chi connectivity index (χ4n) is 4.03. The van der Waals surface area contributed by atoms with E-state index in [1.165, 1.54) is 18.2 Å². The van der Waals surface area contributed by atoms with Crippen molar-refractivity contribution in [2.75, 3.05) is 48.3 Å². The fourth-order valence-corrected chi connectivity index (χ4v) is 4.03. The highest BCUT2D eigenvalue weighted by Gasteiger charge is 2.42. The first-order valence-electron chi connectivity index (χ1n) is 9.98. The number of hydrogen-bond donors (Lipinski definition) is 2. The number of carbonyl (C=O) groups excluding carboxylic acids is 1. The molecule has 30 heavy (non-hydrogen) atoms. The van der Waals surface area contributed by atoms with Crippen LogP contribution >= 0.6 is 24.0 Å². The Hall–Kier alpha value is -1.49. The van der Waals surface area contributed by atoms with Crippen LogP contribution in [0.3, 0.4) is 0 Å². The highest BCUT2D eigenvalue weighted by Crippen LogP contribution is 2.38. The number of carbonyl (C=O) groups is 1. The van der Waals surface area contributed by atoms with Gasteiger partial charge in [-0.2, -0.15) is 0 Å². The van der Waals surface area contributed by atoms with Gasteiger partial charge in [0.25, 0.3) is 0 Å². The van der Waals surface area contributed by atoms with Crippen molar-refractivity contribution in [2.45, 2.75) is 31.7 Å². The molecule has 0 radical (unpaired) electrons. The van der Waals surface area contributed by atoms with Gasteiger partial charge >= 0.3 is 0 Å². The van der Waals surface area contributed by atoms with Crippen LogP contribution < -0.4 is 10.6 Å². The quantitative estimate of drug-likeness (QED) is 0.319. The smallest absolute Gasteiger partial charge is 0.230 e. The minimum Gasteiger partial charge on any atom is -0.355 e. The third kappa shape index (κ3) is 6.26. The molecular formula is C21H34F2IN5O. The largest absolute Gasteiger partial charge is 0.355 e. The van der Waals surface area contributed by atoms with Gasteiger partial charge in [0.15, 0.2) is 5.96 Å². The molecule has 6 nitrogen and oxygen atoms in total. The van der Waals surface area contributed by atoms with E-state index >= 15 is 0 Å². The van der Waals surface area contributed by atoms with Crippen molar-refractivity contribution in [3.05, 3.63) is 35.4 Å². The lowest BCUT2D eigenvalue weighted by atomic mass is 9.84. The molecule has 0 heterocycles. The maximum Gasteiger partial charge on any atom is 0.230 e. The van der Waals surface area contributed by atoms with E-state index in [2.05, 4.69) is 15.6 Å². The van der Waals surface area contributed by atoms with Gasteiger partial charge < -0.3 is 20.4 Å². The number of nitrogens with zero attached hydrogens (tertiary/aromatic N) is 3. The van der Waals surface area contributed by atoms with Crippen molar-refractivity contribution in [3.8, 4) is 0 Å². The van der Waals surface area contributed by atoms with Crippen LogP contribution in [0.2, 0.25) is 0 Å². The van der Waals surface area contributed by atoms with E-state index in [4.69, 9.17) is 0 Å². The third-order valence-corrected chi connectivity index (χ3v) is 5.66. The van der Waals surface area contributed by atoms with Gasteiger partial charge in [-0.25, -0.2) is 8.78 Å². The van der Waals surface area contributed by atoms with E-state index in [1.807, 2.05) is 0 Å². The second kappa shape index (κ2) is 11.8. The Balaban J connectivity index is 0.00000450. The summed E-state index contributed by atoms with van der Waals surface area (Å²) in [4.78, 5) is 20.3. The molecule has 1 unspecified atom stereocenters. The molecule has 0 aliphatic heterocycles. The molecule has 0 aromatic heterocycles. The summed E-state index contributed by atoms with van der Waals surface area (Å²) >= 11 is 0. The normalized spacial score (nSPS) is 16.7. The number of halogens is 3. The van der Waals surface area contributed by atoms with Crippen LogP contribution in [-0.2, 0) is 4.79 Å². The van der Waals surface area contributed by atoms with Crippen molar-refractivity contribution in [1.29, 1.82) is 0 Å². The monoisotopic (exact) mass is 537 g/mol. The van der Waals surface area contributed by atoms with Gasteiger partial charge in [-0.1, -0.05) is 18.9 Å². The molecule has 1 atom stereocenters. The van der Waals surface area contributed by atoms with Gasteiger partial charge in [0.05, 0.1) is 11.5 Å². The number of aliphatic imine (C=N–C) groups is 1. The zero-order valence-electron chi connectivity index (χ0n) is 18.5. The average molecular weight is 537 g/mol. The molecule has 2 rings (SSSR count). The minimum absolute atomic E-state index is 0. The topological polar surface area (TPSA) is 60.0 Å². The summed E-state index contributed by atoms with van der Waals surface area (Å²) in [6.07, 6.45) is 3.74. The van der Waals surface area contributed by atoms with Gasteiger partial charge in [0.1, 0.15) is 11.6 Å². The van der Waals surface area contributed by atoms with Crippen LogP contribution in [0.5, 0.6) is 0 Å². The van der Waals surface area contributed by atoms with Crippen molar-refractivity contribution < 1.29 is 13.6 Å². The third-order valence-electron chi connectivity index (χ3n) is 5.66. The molecule has 2 N–H and O–H groups in total. The molecule has 1 amide bonds. The van der Waals surface area contributed by atoms with E-state index in [9.17, 15) is 13.6 Å². The first-order chi connectivity index (χ1) is 13.7. The summed E-state index contributed by atoms with van der Waals surface area (Å²) < 4.78 is 28.5. The number of nitrogens with one attached hydrogen (secondary N) is 2. The van der Waals surface area contributed by atoms with Gasteiger partial charge in [-0.15, -0.1) is 24.0 Å². The first kappa shape index (κ1) is 26.5. The molecule has 1 aromatic rings. The van der Waals surface area contributed by atoms with E-state index in [0.29, 0.717) is 12.5 Å². The maximum absolute atomic E-state index is 14.3. The number of likely N-dealkylation sites (N-methyl/N-ethyl adjacent to an activating group) is 1. The summed E-state index contributed by atoms with van der Waals surface area (Å²) in [6, 6.07) is 3.37. The van der Waals surface area contributed by atoms with Crippen molar-refractivity contribution in [3.63, 3.8) is 0 Å². The number of hydrogen-bond acceptors (Lipinski definition) is 3. The van der Waals surface area contributed by atoms with Crippen LogP contribution in [0.4, 0.5) is 8.78 Å². The van der Waals surface area contributed by atoms with Crippen molar-refractivity contribution in [2.24, 2.45) is 10.4 Å². The first-order valence-corrected chi connectivity index (χ1v) is 9.98. The molecule has 170 valence electrons. The Morgan fingerprint density at radius 2 is 1.70 bits per heavy atom. The van der Waals surface area contributed by atoms with E-state index in [-0.39, 0.29) is 42.0 Å². The number of guanidine groups is 1. The highest BCUT2D eigenvalue weighted by atomic mass is 127. The second-order valence-corrected chi connectivity index (χ2v) is 8.11. The lowest BCUT2D eigenvalue weighted by Gasteiger charge is -2.32. The van der Waals surface area contributed by atoms with E-state index in [0.717, 1.165) is 25.7 Å². The van der Waals surface area contributed by atoms with Crippen LogP contribution in [0, 0.1) is 17.0 Å². The van der Waals surface area contributed by atoms with E-state index < -0.39 is 23.1 Å². The SMILES string of the molecule is CN=C(NCC(c1c(F)cccc1F)N(C)C)NCC1(C(=O)N(C)C)CCCC1.I. The molecule has 1 fully saturated rings. The zero-order valence-corrected chi connectivity index (χ0v) is 20.8.